The summed E-state index contributed by atoms with van der Waals surface area (Å²) < 4.78 is 10.5. The molecule has 0 bridgehead atoms. The first-order valence-electron chi connectivity index (χ1n) is 6.35. The van der Waals surface area contributed by atoms with Crippen molar-refractivity contribution in [2.45, 2.75) is 25.9 Å². The summed E-state index contributed by atoms with van der Waals surface area (Å²) in [6.07, 6.45) is 0.326. The minimum atomic E-state index is -0.131. The van der Waals surface area contributed by atoms with Crippen LogP contribution in [0.15, 0.2) is 24.3 Å². The number of ether oxygens (including phenoxy) is 2. The number of amides is 1. The van der Waals surface area contributed by atoms with Crippen molar-refractivity contribution in [1.82, 2.24) is 5.32 Å². The number of nitrogens with two attached hydrogens (primary N) is 1. The molecule has 1 rings (SSSR count). The molecule has 1 aromatic carbocycles. The van der Waals surface area contributed by atoms with Gasteiger partial charge < -0.3 is 20.5 Å². The monoisotopic (exact) mass is 302 g/mol. The lowest BCUT2D eigenvalue weighted by Crippen LogP contribution is -2.29. The van der Waals surface area contributed by atoms with Crippen molar-refractivity contribution in [3.05, 3.63) is 29.8 Å². The Morgan fingerprint density at radius 2 is 2.05 bits per heavy atom. The van der Waals surface area contributed by atoms with Gasteiger partial charge in [0.15, 0.2) is 0 Å². The largest absolute Gasteiger partial charge is 0.491 e. The van der Waals surface area contributed by atoms with Gasteiger partial charge in [-0.05, 0) is 13.0 Å². The van der Waals surface area contributed by atoms with Crippen molar-refractivity contribution in [1.29, 1.82) is 0 Å². The Kier molecular flexibility index (Phi) is 9.80. The summed E-state index contributed by atoms with van der Waals surface area (Å²) in [5.41, 5.74) is 6.52. The third-order valence-electron chi connectivity index (χ3n) is 2.50. The maximum Gasteiger partial charge on any atom is 0.221 e. The number of benzene rings is 1. The highest BCUT2D eigenvalue weighted by atomic mass is 35.5. The van der Waals surface area contributed by atoms with Crippen LogP contribution in [0.25, 0.3) is 0 Å². The SMILES string of the molecule is COCCOc1ccccc1CNC(=O)CC(C)N.Cl. The Labute approximate surface area is 126 Å². The van der Waals surface area contributed by atoms with Gasteiger partial charge in [0.1, 0.15) is 12.4 Å². The molecule has 20 heavy (non-hydrogen) atoms. The second-order valence-corrected chi connectivity index (χ2v) is 4.41. The Balaban J connectivity index is 0.00000361. The third-order valence-corrected chi connectivity index (χ3v) is 2.50. The Bertz CT molecular complexity index is 400. The van der Waals surface area contributed by atoms with E-state index < -0.39 is 0 Å². The van der Waals surface area contributed by atoms with Crippen molar-refractivity contribution >= 4 is 18.3 Å². The van der Waals surface area contributed by atoms with E-state index in [0.717, 1.165) is 11.3 Å². The van der Waals surface area contributed by atoms with Crippen LogP contribution in [-0.4, -0.2) is 32.3 Å². The van der Waals surface area contributed by atoms with Crippen LogP contribution in [0.2, 0.25) is 0 Å². The minimum Gasteiger partial charge on any atom is -0.491 e. The molecule has 1 aromatic rings. The second-order valence-electron chi connectivity index (χ2n) is 4.41. The molecule has 0 saturated heterocycles. The average molecular weight is 303 g/mol. The molecule has 0 saturated carbocycles. The number of halogens is 1. The molecular formula is C14H23ClN2O3. The zero-order valence-corrected chi connectivity index (χ0v) is 12.7. The van der Waals surface area contributed by atoms with E-state index in [4.69, 9.17) is 15.2 Å². The molecule has 5 nitrogen and oxygen atoms in total. The Hall–Kier alpha value is -1.30. The third kappa shape index (κ3) is 7.33. The zero-order chi connectivity index (χ0) is 14.1. The number of rotatable bonds is 8. The van der Waals surface area contributed by atoms with Gasteiger partial charge >= 0.3 is 0 Å². The Morgan fingerprint density at radius 1 is 1.35 bits per heavy atom. The first-order valence-corrected chi connectivity index (χ1v) is 6.35. The molecule has 6 heteroatoms. The number of methoxy groups -OCH3 is 1. The van der Waals surface area contributed by atoms with E-state index in [9.17, 15) is 4.79 Å². The van der Waals surface area contributed by atoms with Gasteiger partial charge in [-0.15, -0.1) is 12.4 Å². The number of carbonyl (C=O) groups is 1. The van der Waals surface area contributed by atoms with Crippen molar-refractivity contribution in [3.8, 4) is 5.75 Å². The van der Waals surface area contributed by atoms with Crippen LogP contribution in [0.5, 0.6) is 5.75 Å². The lowest BCUT2D eigenvalue weighted by molar-refractivity contribution is -0.121. The molecule has 1 amide bonds. The van der Waals surface area contributed by atoms with Gasteiger partial charge in [0.2, 0.25) is 5.91 Å². The lowest BCUT2D eigenvalue weighted by atomic mass is 10.2. The van der Waals surface area contributed by atoms with Crippen LogP contribution in [0.3, 0.4) is 0 Å². The fraction of sp³-hybridized carbons (Fsp3) is 0.500. The van der Waals surface area contributed by atoms with E-state index in [1.807, 2.05) is 24.3 Å². The molecule has 1 atom stereocenters. The molecule has 0 aliphatic heterocycles. The molecule has 0 aromatic heterocycles. The van der Waals surface area contributed by atoms with E-state index in [1.165, 1.54) is 0 Å². The van der Waals surface area contributed by atoms with Crippen molar-refractivity contribution in [2.24, 2.45) is 5.73 Å². The summed E-state index contributed by atoms with van der Waals surface area (Å²) in [5.74, 6) is 0.711. The molecule has 0 heterocycles. The normalized spacial score (nSPS) is 11.3. The minimum absolute atomic E-state index is 0. The summed E-state index contributed by atoms with van der Waals surface area (Å²) in [4.78, 5) is 11.5. The maximum atomic E-state index is 11.5. The summed E-state index contributed by atoms with van der Waals surface area (Å²) in [5, 5.41) is 2.83. The van der Waals surface area contributed by atoms with Crippen LogP contribution in [-0.2, 0) is 16.1 Å². The van der Waals surface area contributed by atoms with Crippen LogP contribution >= 0.6 is 12.4 Å². The number of carbonyl (C=O) groups excluding carboxylic acids is 1. The van der Waals surface area contributed by atoms with Crippen molar-refractivity contribution in [3.63, 3.8) is 0 Å². The predicted molar refractivity (Wildman–Crippen MR) is 81.2 cm³/mol. The number of para-hydroxylation sites is 1. The van der Waals surface area contributed by atoms with Gasteiger partial charge in [0.25, 0.3) is 0 Å². The quantitative estimate of drug-likeness (QED) is 0.714. The molecule has 1 unspecified atom stereocenters. The number of hydrogen-bond donors (Lipinski definition) is 2. The molecule has 114 valence electrons. The van der Waals surface area contributed by atoms with Crippen LogP contribution in [0.1, 0.15) is 18.9 Å². The first-order chi connectivity index (χ1) is 9.13. The highest BCUT2D eigenvalue weighted by molar-refractivity contribution is 5.85. The fourth-order valence-corrected chi connectivity index (χ4v) is 1.58. The number of nitrogens with one attached hydrogen (secondary N) is 1. The molecule has 0 radical (unpaired) electrons. The van der Waals surface area contributed by atoms with E-state index in [1.54, 1.807) is 14.0 Å². The number of hydrogen-bond acceptors (Lipinski definition) is 4. The van der Waals surface area contributed by atoms with Gasteiger partial charge in [-0.1, -0.05) is 18.2 Å². The van der Waals surface area contributed by atoms with Gasteiger partial charge in [0.05, 0.1) is 6.61 Å². The van der Waals surface area contributed by atoms with Crippen LogP contribution < -0.4 is 15.8 Å². The van der Waals surface area contributed by atoms with Gasteiger partial charge in [0, 0.05) is 31.7 Å². The molecule has 0 aliphatic carbocycles. The maximum absolute atomic E-state index is 11.5. The molecule has 0 fully saturated rings. The smallest absolute Gasteiger partial charge is 0.221 e. The lowest BCUT2D eigenvalue weighted by Gasteiger charge is -2.12. The molecule has 0 aliphatic rings. The second kappa shape index (κ2) is 10.5. The van der Waals surface area contributed by atoms with Gasteiger partial charge in [-0.2, -0.15) is 0 Å². The highest BCUT2D eigenvalue weighted by Crippen LogP contribution is 2.17. The highest BCUT2D eigenvalue weighted by Gasteiger charge is 2.07. The van der Waals surface area contributed by atoms with Crippen LogP contribution in [0.4, 0.5) is 0 Å². The molecular weight excluding hydrogens is 280 g/mol. The summed E-state index contributed by atoms with van der Waals surface area (Å²) >= 11 is 0. The van der Waals surface area contributed by atoms with Gasteiger partial charge in [-0.3, -0.25) is 4.79 Å². The van der Waals surface area contributed by atoms with E-state index in [2.05, 4.69) is 5.32 Å². The van der Waals surface area contributed by atoms with Crippen molar-refractivity contribution in [2.75, 3.05) is 20.3 Å². The van der Waals surface area contributed by atoms with E-state index >= 15 is 0 Å². The Morgan fingerprint density at radius 3 is 2.70 bits per heavy atom. The fourth-order valence-electron chi connectivity index (χ4n) is 1.58. The van der Waals surface area contributed by atoms with E-state index in [0.29, 0.717) is 26.2 Å². The topological polar surface area (TPSA) is 73.6 Å². The summed E-state index contributed by atoms with van der Waals surface area (Å²) in [7, 11) is 1.63. The summed E-state index contributed by atoms with van der Waals surface area (Å²) in [6, 6.07) is 7.48. The van der Waals surface area contributed by atoms with Crippen molar-refractivity contribution < 1.29 is 14.3 Å². The van der Waals surface area contributed by atoms with E-state index in [-0.39, 0.29) is 24.4 Å². The zero-order valence-electron chi connectivity index (χ0n) is 11.9. The standard InChI is InChI=1S/C14H22N2O3.ClH/c1-11(15)9-14(17)16-10-12-5-3-4-6-13(12)19-8-7-18-2;/h3-6,11H,7-10,15H2,1-2H3,(H,16,17);1H. The first kappa shape index (κ1) is 18.7. The molecule has 3 N–H and O–H groups in total. The predicted octanol–water partition coefficient (Wildman–Crippen LogP) is 1.49. The van der Waals surface area contributed by atoms with Gasteiger partial charge in [-0.25, -0.2) is 0 Å². The average Bonchev–Trinajstić information content (AvgIpc) is 2.37. The molecule has 0 spiro atoms. The summed E-state index contributed by atoms with van der Waals surface area (Å²) in [6.45, 7) is 3.27. The van der Waals surface area contributed by atoms with Crippen LogP contribution in [0, 0.1) is 0 Å².